The number of nitrogens with zero attached hydrogens (tertiary/aromatic N) is 2. The normalized spacial score (nSPS) is 18.3. The lowest BCUT2D eigenvalue weighted by molar-refractivity contribution is 0.181. The monoisotopic (exact) mass is 297 g/mol. The van der Waals surface area contributed by atoms with Crippen molar-refractivity contribution in [2.24, 2.45) is 0 Å². The molecule has 0 saturated carbocycles. The standard InChI is InChI=1S/C14H23N3O2S/c1-3-20(18,19)17-8-6-16(7-9-17)11-13-4-5-14(15)10-12(13)2/h4-5,10H,3,6-9,11,15H2,1-2H3. The molecule has 112 valence electrons. The topological polar surface area (TPSA) is 66.6 Å². The predicted molar refractivity (Wildman–Crippen MR) is 81.9 cm³/mol. The smallest absolute Gasteiger partial charge is 0.213 e. The fraction of sp³-hybridized carbons (Fsp3) is 0.571. The van der Waals surface area contributed by atoms with E-state index in [9.17, 15) is 8.42 Å². The molecule has 2 N–H and O–H groups in total. The second-order valence-electron chi connectivity index (χ2n) is 5.26. The van der Waals surface area contributed by atoms with Crippen molar-refractivity contribution in [2.75, 3.05) is 37.7 Å². The van der Waals surface area contributed by atoms with Gasteiger partial charge in [-0.15, -0.1) is 0 Å². The Morgan fingerprint density at radius 3 is 2.40 bits per heavy atom. The Morgan fingerprint density at radius 1 is 1.20 bits per heavy atom. The van der Waals surface area contributed by atoms with Gasteiger partial charge in [-0.3, -0.25) is 4.90 Å². The maximum Gasteiger partial charge on any atom is 0.213 e. The van der Waals surface area contributed by atoms with Gasteiger partial charge < -0.3 is 5.73 Å². The molecule has 0 bridgehead atoms. The zero-order valence-electron chi connectivity index (χ0n) is 12.2. The Kier molecular flexibility index (Phi) is 4.67. The van der Waals surface area contributed by atoms with E-state index in [1.165, 1.54) is 11.1 Å². The van der Waals surface area contributed by atoms with Crippen LogP contribution < -0.4 is 5.73 Å². The molecule has 20 heavy (non-hydrogen) atoms. The molecular weight excluding hydrogens is 274 g/mol. The third-order valence-corrected chi connectivity index (χ3v) is 5.73. The third kappa shape index (κ3) is 3.50. The van der Waals surface area contributed by atoms with Crippen molar-refractivity contribution in [3.63, 3.8) is 0 Å². The first-order chi connectivity index (χ1) is 9.42. The van der Waals surface area contributed by atoms with E-state index >= 15 is 0 Å². The molecular formula is C14H23N3O2S. The molecule has 1 heterocycles. The van der Waals surface area contributed by atoms with E-state index in [2.05, 4.69) is 17.9 Å². The van der Waals surface area contributed by atoms with E-state index in [1.54, 1.807) is 11.2 Å². The number of hydrogen-bond donors (Lipinski definition) is 1. The van der Waals surface area contributed by atoms with Crippen LogP contribution in [0.1, 0.15) is 18.1 Å². The molecule has 1 fully saturated rings. The van der Waals surface area contributed by atoms with Crippen molar-refractivity contribution >= 4 is 15.7 Å². The molecule has 0 atom stereocenters. The van der Waals surface area contributed by atoms with E-state index in [-0.39, 0.29) is 5.75 Å². The average Bonchev–Trinajstić information content (AvgIpc) is 2.42. The summed E-state index contributed by atoms with van der Waals surface area (Å²) in [6.45, 7) is 7.34. The molecule has 1 aromatic rings. The lowest BCUT2D eigenvalue weighted by atomic mass is 10.1. The maximum atomic E-state index is 11.8. The molecule has 6 heteroatoms. The number of piperazine rings is 1. The second-order valence-corrected chi connectivity index (χ2v) is 7.52. The Morgan fingerprint density at radius 2 is 1.85 bits per heavy atom. The molecule has 1 aromatic carbocycles. The number of anilines is 1. The van der Waals surface area contributed by atoms with Gasteiger partial charge in [-0.1, -0.05) is 6.07 Å². The number of aryl methyl sites for hydroxylation is 1. The highest BCUT2D eigenvalue weighted by atomic mass is 32.2. The predicted octanol–water partition coefficient (Wildman–Crippen LogP) is 1.04. The van der Waals surface area contributed by atoms with Gasteiger partial charge >= 0.3 is 0 Å². The zero-order chi connectivity index (χ0) is 14.8. The van der Waals surface area contributed by atoms with Crippen LogP contribution in [0.2, 0.25) is 0 Å². The Hall–Kier alpha value is -1.11. The minimum absolute atomic E-state index is 0.185. The quantitative estimate of drug-likeness (QED) is 0.844. The van der Waals surface area contributed by atoms with Crippen molar-refractivity contribution in [1.82, 2.24) is 9.21 Å². The fourth-order valence-electron chi connectivity index (χ4n) is 2.49. The molecule has 5 nitrogen and oxygen atoms in total. The minimum atomic E-state index is -3.04. The van der Waals surface area contributed by atoms with Crippen LogP contribution in [0, 0.1) is 6.92 Å². The minimum Gasteiger partial charge on any atom is -0.399 e. The van der Waals surface area contributed by atoms with Gasteiger partial charge in [-0.25, -0.2) is 8.42 Å². The van der Waals surface area contributed by atoms with Gasteiger partial charge in [0.1, 0.15) is 0 Å². The largest absolute Gasteiger partial charge is 0.399 e. The summed E-state index contributed by atoms with van der Waals surface area (Å²) in [4.78, 5) is 2.29. The van der Waals surface area contributed by atoms with E-state index in [4.69, 9.17) is 5.73 Å². The highest BCUT2D eigenvalue weighted by Gasteiger charge is 2.25. The lowest BCUT2D eigenvalue weighted by Gasteiger charge is -2.34. The molecule has 0 aromatic heterocycles. The Bertz CT molecular complexity index is 564. The third-order valence-electron chi connectivity index (χ3n) is 3.85. The van der Waals surface area contributed by atoms with Gasteiger partial charge in [0, 0.05) is 38.4 Å². The van der Waals surface area contributed by atoms with Gasteiger partial charge in [0.2, 0.25) is 10.0 Å². The molecule has 0 amide bonds. The van der Waals surface area contributed by atoms with E-state index in [1.807, 2.05) is 12.1 Å². The molecule has 0 aliphatic carbocycles. The molecule has 0 radical (unpaired) electrons. The summed E-state index contributed by atoms with van der Waals surface area (Å²) in [5.41, 5.74) is 8.98. The second kappa shape index (κ2) is 6.11. The summed E-state index contributed by atoms with van der Waals surface area (Å²) in [6, 6.07) is 5.95. The summed E-state index contributed by atoms with van der Waals surface area (Å²) < 4.78 is 25.2. The van der Waals surface area contributed by atoms with Crippen LogP contribution in [0.4, 0.5) is 5.69 Å². The first-order valence-electron chi connectivity index (χ1n) is 6.97. The van der Waals surface area contributed by atoms with E-state index in [0.29, 0.717) is 13.1 Å². The van der Waals surface area contributed by atoms with Crippen LogP contribution in [0.3, 0.4) is 0 Å². The summed E-state index contributed by atoms with van der Waals surface area (Å²) in [7, 11) is -3.04. The van der Waals surface area contributed by atoms with Crippen LogP contribution in [-0.4, -0.2) is 49.6 Å². The van der Waals surface area contributed by atoms with Crippen molar-refractivity contribution < 1.29 is 8.42 Å². The Balaban J connectivity index is 1.95. The molecule has 1 saturated heterocycles. The zero-order valence-corrected chi connectivity index (χ0v) is 13.0. The number of hydrogen-bond acceptors (Lipinski definition) is 4. The Labute approximate surface area is 121 Å². The van der Waals surface area contributed by atoms with E-state index < -0.39 is 10.0 Å². The first-order valence-corrected chi connectivity index (χ1v) is 8.58. The van der Waals surface area contributed by atoms with Crippen molar-refractivity contribution in [1.29, 1.82) is 0 Å². The van der Waals surface area contributed by atoms with Crippen LogP contribution in [0.15, 0.2) is 18.2 Å². The fourth-order valence-corrected chi connectivity index (χ4v) is 3.57. The van der Waals surface area contributed by atoms with E-state index in [0.717, 1.165) is 25.3 Å². The van der Waals surface area contributed by atoms with Crippen molar-refractivity contribution in [3.8, 4) is 0 Å². The van der Waals surface area contributed by atoms with Crippen molar-refractivity contribution in [3.05, 3.63) is 29.3 Å². The maximum absolute atomic E-state index is 11.8. The molecule has 1 aliphatic rings. The van der Waals surface area contributed by atoms with Crippen LogP contribution >= 0.6 is 0 Å². The SMILES string of the molecule is CCS(=O)(=O)N1CCN(Cc2ccc(N)cc2C)CC1. The van der Waals surface area contributed by atoms with Gasteiger partial charge in [0.25, 0.3) is 0 Å². The van der Waals surface area contributed by atoms with Gasteiger partial charge in [0.05, 0.1) is 5.75 Å². The van der Waals surface area contributed by atoms with Gasteiger partial charge in [-0.2, -0.15) is 4.31 Å². The summed E-state index contributed by atoms with van der Waals surface area (Å²) in [6.07, 6.45) is 0. The van der Waals surface area contributed by atoms with Crippen LogP contribution in [-0.2, 0) is 16.6 Å². The average molecular weight is 297 g/mol. The highest BCUT2D eigenvalue weighted by Crippen LogP contribution is 2.16. The number of benzene rings is 1. The van der Waals surface area contributed by atoms with Crippen molar-refractivity contribution in [2.45, 2.75) is 20.4 Å². The first kappa shape index (κ1) is 15.3. The van der Waals surface area contributed by atoms with Crippen LogP contribution in [0.25, 0.3) is 0 Å². The van der Waals surface area contributed by atoms with Gasteiger partial charge in [0.15, 0.2) is 0 Å². The summed E-state index contributed by atoms with van der Waals surface area (Å²) in [5.74, 6) is 0.185. The van der Waals surface area contributed by atoms with Gasteiger partial charge in [-0.05, 0) is 37.1 Å². The lowest BCUT2D eigenvalue weighted by Crippen LogP contribution is -2.48. The number of sulfonamides is 1. The highest BCUT2D eigenvalue weighted by molar-refractivity contribution is 7.89. The summed E-state index contributed by atoms with van der Waals surface area (Å²) in [5, 5.41) is 0. The molecule has 0 unspecified atom stereocenters. The molecule has 2 rings (SSSR count). The number of rotatable bonds is 4. The summed E-state index contributed by atoms with van der Waals surface area (Å²) >= 11 is 0. The number of nitrogen functional groups attached to an aromatic ring is 1. The molecule has 1 aliphatic heterocycles. The molecule has 0 spiro atoms. The van der Waals surface area contributed by atoms with Crippen LogP contribution in [0.5, 0.6) is 0 Å². The number of nitrogens with two attached hydrogens (primary N) is 1.